The fraction of sp³-hybridized carbons (Fsp3) is 0.200. The van der Waals surface area contributed by atoms with Crippen LogP contribution in [0.25, 0.3) is 0 Å². The van der Waals surface area contributed by atoms with E-state index in [0.29, 0.717) is 10.8 Å². The van der Waals surface area contributed by atoms with E-state index in [2.05, 4.69) is 44.1 Å². The molecular formula is C15H14Br2ClNO. The van der Waals surface area contributed by atoms with E-state index < -0.39 is 0 Å². The van der Waals surface area contributed by atoms with Crippen molar-refractivity contribution in [2.45, 2.75) is 13.5 Å². The first-order valence-corrected chi connectivity index (χ1v) is 8.18. The molecule has 0 spiro atoms. The largest absolute Gasteiger partial charge is 0.456 e. The number of ether oxygens (including phenoxy) is 1. The summed E-state index contributed by atoms with van der Waals surface area (Å²) >= 11 is 13.1. The minimum atomic E-state index is 0.584. The van der Waals surface area contributed by atoms with Crippen LogP contribution in [0.1, 0.15) is 12.5 Å². The number of rotatable bonds is 5. The first kappa shape index (κ1) is 15.8. The second kappa shape index (κ2) is 7.46. The molecule has 0 bridgehead atoms. The lowest BCUT2D eigenvalue weighted by molar-refractivity contribution is 0.482. The number of halogens is 3. The summed E-state index contributed by atoms with van der Waals surface area (Å²) in [5, 5.41) is 3.88. The van der Waals surface area contributed by atoms with Gasteiger partial charge in [0.1, 0.15) is 11.5 Å². The second-order valence-corrected chi connectivity index (χ2v) is 6.39. The van der Waals surface area contributed by atoms with E-state index in [1.54, 1.807) is 6.07 Å². The molecule has 20 heavy (non-hydrogen) atoms. The highest BCUT2D eigenvalue weighted by atomic mass is 79.9. The van der Waals surface area contributed by atoms with Crippen molar-refractivity contribution in [2.75, 3.05) is 6.54 Å². The molecule has 2 rings (SSSR count). The minimum Gasteiger partial charge on any atom is -0.456 e. The second-order valence-electron chi connectivity index (χ2n) is 4.21. The molecule has 0 saturated carbocycles. The third-order valence-electron chi connectivity index (χ3n) is 2.71. The first-order valence-electron chi connectivity index (χ1n) is 6.22. The van der Waals surface area contributed by atoms with Gasteiger partial charge in [-0.1, -0.05) is 56.5 Å². The van der Waals surface area contributed by atoms with Gasteiger partial charge in [0, 0.05) is 15.5 Å². The number of benzene rings is 2. The molecular weight excluding hydrogens is 405 g/mol. The molecule has 2 aromatic rings. The summed E-state index contributed by atoms with van der Waals surface area (Å²) in [4.78, 5) is 0. The highest BCUT2D eigenvalue weighted by molar-refractivity contribution is 9.10. The van der Waals surface area contributed by atoms with Gasteiger partial charge in [-0.05, 0) is 42.4 Å². The minimum absolute atomic E-state index is 0.584. The van der Waals surface area contributed by atoms with E-state index in [1.165, 1.54) is 5.56 Å². The van der Waals surface area contributed by atoms with E-state index in [4.69, 9.17) is 16.3 Å². The quantitative estimate of drug-likeness (QED) is 0.665. The van der Waals surface area contributed by atoms with Gasteiger partial charge in [-0.3, -0.25) is 0 Å². The van der Waals surface area contributed by atoms with Crippen molar-refractivity contribution in [2.24, 2.45) is 0 Å². The van der Waals surface area contributed by atoms with Crippen molar-refractivity contribution >= 4 is 43.5 Å². The van der Waals surface area contributed by atoms with Crippen molar-refractivity contribution in [3.63, 3.8) is 0 Å². The van der Waals surface area contributed by atoms with E-state index >= 15 is 0 Å². The van der Waals surface area contributed by atoms with Crippen LogP contribution in [0.5, 0.6) is 11.5 Å². The highest BCUT2D eigenvalue weighted by Gasteiger charge is 2.06. The molecule has 0 atom stereocenters. The summed E-state index contributed by atoms with van der Waals surface area (Å²) in [5.41, 5.74) is 1.19. The molecule has 0 unspecified atom stereocenters. The number of hydrogen-bond donors (Lipinski definition) is 1. The molecule has 0 aliphatic carbocycles. The highest BCUT2D eigenvalue weighted by Crippen LogP contribution is 2.33. The van der Waals surface area contributed by atoms with Crippen molar-refractivity contribution in [1.29, 1.82) is 0 Å². The summed E-state index contributed by atoms with van der Waals surface area (Å²) in [6.45, 7) is 3.86. The first-order chi connectivity index (χ1) is 9.60. The number of nitrogens with one attached hydrogen (secondary N) is 1. The maximum atomic E-state index is 6.12. The molecule has 0 aliphatic heterocycles. The molecule has 0 saturated heterocycles. The molecule has 2 aromatic carbocycles. The summed E-state index contributed by atoms with van der Waals surface area (Å²) in [5.74, 6) is 1.38. The number of hydrogen-bond acceptors (Lipinski definition) is 2. The fourth-order valence-corrected chi connectivity index (χ4v) is 2.67. The fourth-order valence-electron chi connectivity index (χ4n) is 1.68. The maximum Gasteiger partial charge on any atom is 0.147 e. The predicted octanol–water partition coefficient (Wildman–Crippen LogP) is 5.77. The zero-order valence-electron chi connectivity index (χ0n) is 10.9. The van der Waals surface area contributed by atoms with Gasteiger partial charge in [0.2, 0.25) is 0 Å². The van der Waals surface area contributed by atoms with Crippen molar-refractivity contribution in [1.82, 2.24) is 5.32 Å². The lowest BCUT2D eigenvalue weighted by Crippen LogP contribution is -2.11. The SMILES string of the molecule is CCNCc1ccc(Oc2cc(Br)ccc2Cl)cc1Br. The summed E-state index contributed by atoms with van der Waals surface area (Å²) in [6, 6.07) is 11.5. The standard InChI is InChI=1S/C15H14Br2ClNO/c1-2-19-9-10-3-5-12(8-13(10)17)20-15-7-11(16)4-6-14(15)18/h3-8,19H,2,9H2,1H3. The van der Waals surface area contributed by atoms with E-state index in [1.807, 2.05) is 30.3 Å². The van der Waals surface area contributed by atoms with Gasteiger partial charge in [-0.25, -0.2) is 0 Å². The van der Waals surface area contributed by atoms with Gasteiger partial charge in [-0.15, -0.1) is 0 Å². The summed E-state index contributed by atoms with van der Waals surface area (Å²) < 4.78 is 7.76. The van der Waals surface area contributed by atoms with Crippen LogP contribution in [0.3, 0.4) is 0 Å². The molecule has 0 amide bonds. The van der Waals surface area contributed by atoms with Gasteiger partial charge in [-0.2, -0.15) is 0 Å². The van der Waals surface area contributed by atoms with Crippen LogP contribution in [0.4, 0.5) is 0 Å². The van der Waals surface area contributed by atoms with E-state index in [9.17, 15) is 0 Å². The molecule has 5 heteroatoms. The van der Waals surface area contributed by atoms with E-state index in [0.717, 1.165) is 27.8 Å². The van der Waals surface area contributed by atoms with Crippen LogP contribution in [-0.2, 0) is 6.54 Å². The van der Waals surface area contributed by atoms with Crippen LogP contribution in [0, 0.1) is 0 Å². The maximum absolute atomic E-state index is 6.12. The molecule has 0 fully saturated rings. The molecule has 0 heterocycles. The Kier molecular flexibility index (Phi) is 5.90. The molecule has 1 N–H and O–H groups in total. The van der Waals surface area contributed by atoms with Crippen LogP contribution in [0.2, 0.25) is 5.02 Å². The zero-order valence-corrected chi connectivity index (χ0v) is 14.8. The van der Waals surface area contributed by atoms with Gasteiger partial charge in [0.05, 0.1) is 5.02 Å². The van der Waals surface area contributed by atoms with Crippen LogP contribution >= 0.6 is 43.5 Å². The molecule has 2 nitrogen and oxygen atoms in total. The smallest absolute Gasteiger partial charge is 0.147 e. The monoisotopic (exact) mass is 417 g/mol. The van der Waals surface area contributed by atoms with Crippen molar-refractivity contribution in [3.8, 4) is 11.5 Å². The third kappa shape index (κ3) is 4.22. The van der Waals surface area contributed by atoms with Gasteiger partial charge < -0.3 is 10.1 Å². The normalized spacial score (nSPS) is 10.6. The van der Waals surface area contributed by atoms with Crippen molar-refractivity contribution < 1.29 is 4.74 Å². The van der Waals surface area contributed by atoms with Gasteiger partial charge in [0.15, 0.2) is 0 Å². The Labute approximate surface area is 140 Å². The van der Waals surface area contributed by atoms with Crippen LogP contribution < -0.4 is 10.1 Å². The average molecular weight is 420 g/mol. The Balaban J connectivity index is 2.17. The van der Waals surface area contributed by atoms with Crippen molar-refractivity contribution in [3.05, 3.63) is 55.9 Å². The molecule has 0 radical (unpaired) electrons. The lowest BCUT2D eigenvalue weighted by atomic mass is 10.2. The van der Waals surface area contributed by atoms with Gasteiger partial charge >= 0.3 is 0 Å². The van der Waals surface area contributed by atoms with E-state index in [-0.39, 0.29) is 0 Å². The lowest BCUT2D eigenvalue weighted by Gasteiger charge is -2.11. The Morgan fingerprint density at radius 2 is 1.95 bits per heavy atom. The van der Waals surface area contributed by atoms with Gasteiger partial charge in [0.25, 0.3) is 0 Å². The molecule has 0 aliphatic rings. The van der Waals surface area contributed by atoms with Crippen LogP contribution in [0.15, 0.2) is 45.3 Å². The Morgan fingerprint density at radius 1 is 1.15 bits per heavy atom. The summed E-state index contributed by atoms with van der Waals surface area (Å²) in [7, 11) is 0. The third-order valence-corrected chi connectivity index (χ3v) is 4.25. The molecule has 0 aromatic heterocycles. The topological polar surface area (TPSA) is 21.3 Å². The van der Waals surface area contributed by atoms with Crippen LogP contribution in [-0.4, -0.2) is 6.54 Å². The predicted molar refractivity (Wildman–Crippen MR) is 90.7 cm³/mol. The average Bonchev–Trinajstić information content (AvgIpc) is 2.42. The Morgan fingerprint density at radius 3 is 2.65 bits per heavy atom. The zero-order chi connectivity index (χ0) is 14.5. The molecule has 106 valence electrons. The Bertz CT molecular complexity index is 604. The Hall–Kier alpha value is -0.550. The summed E-state index contributed by atoms with van der Waals surface area (Å²) in [6.07, 6.45) is 0.